The van der Waals surface area contributed by atoms with Crippen molar-refractivity contribution in [1.29, 1.82) is 0 Å². The fraction of sp³-hybridized carbons (Fsp3) is 0.0526. The molecular formula is C19H16O3. The Balaban J connectivity index is 2.02. The topological polar surface area (TPSA) is 43.4 Å². The molecule has 0 saturated carbocycles. The first kappa shape index (κ1) is 15.4. The van der Waals surface area contributed by atoms with Gasteiger partial charge in [0, 0.05) is 11.6 Å². The molecule has 0 bridgehead atoms. The molecule has 0 unspecified atom stereocenters. The Labute approximate surface area is 129 Å². The third-order valence-corrected chi connectivity index (χ3v) is 3.03. The highest BCUT2D eigenvalue weighted by molar-refractivity contribution is 6.06. The first-order valence-electron chi connectivity index (χ1n) is 6.82. The van der Waals surface area contributed by atoms with Crippen LogP contribution in [0.5, 0.6) is 0 Å². The minimum Gasteiger partial charge on any atom is -0.466 e. The van der Waals surface area contributed by atoms with E-state index in [1.54, 1.807) is 30.4 Å². The molecule has 0 aliphatic carbocycles. The molecule has 0 heterocycles. The summed E-state index contributed by atoms with van der Waals surface area (Å²) in [6, 6.07) is 16.6. The van der Waals surface area contributed by atoms with Gasteiger partial charge in [0.25, 0.3) is 0 Å². The van der Waals surface area contributed by atoms with E-state index in [9.17, 15) is 9.59 Å². The molecule has 2 rings (SSSR count). The molecule has 22 heavy (non-hydrogen) atoms. The summed E-state index contributed by atoms with van der Waals surface area (Å²) in [5.41, 5.74) is 2.47. The number of carbonyl (C=O) groups is 2. The van der Waals surface area contributed by atoms with E-state index in [1.165, 1.54) is 13.2 Å². The van der Waals surface area contributed by atoms with Crippen molar-refractivity contribution in [3.63, 3.8) is 0 Å². The molecule has 3 heteroatoms. The summed E-state index contributed by atoms with van der Waals surface area (Å²) in [6.07, 6.45) is 6.36. The highest BCUT2D eigenvalue weighted by Crippen LogP contribution is 2.09. The normalized spacial score (nSPS) is 11.0. The second-order valence-corrected chi connectivity index (χ2v) is 4.59. The summed E-state index contributed by atoms with van der Waals surface area (Å²) < 4.78 is 4.53. The minimum absolute atomic E-state index is 0.0322. The molecule has 0 amide bonds. The molecule has 0 aliphatic heterocycles. The van der Waals surface area contributed by atoms with E-state index < -0.39 is 5.97 Å². The van der Waals surface area contributed by atoms with Crippen LogP contribution in [0.4, 0.5) is 0 Å². The van der Waals surface area contributed by atoms with Crippen LogP contribution in [-0.2, 0) is 9.53 Å². The maximum atomic E-state index is 11.9. The second kappa shape index (κ2) is 7.74. The SMILES string of the molecule is COC(=O)C=Cc1ccc(C=CC(=O)c2ccccc2)cc1. The average Bonchev–Trinajstić information content (AvgIpc) is 2.59. The zero-order valence-corrected chi connectivity index (χ0v) is 12.2. The summed E-state index contributed by atoms with van der Waals surface area (Å²) >= 11 is 0. The second-order valence-electron chi connectivity index (χ2n) is 4.59. The molecule has 0 fully saturated rings. The molecule has 0 atom stereocenters. The number of ketones is 1. The van der Waals surface area contributed by atoms with Crippen LogP contribution in [0.25, 0.3) is 12.2 Å². The van der Waals surface area contributed by atoms with Crippen molar-refractivity contribution >= 4 is 23.9 Å². The predicted octanol–water partition coefficient (Wildman–Crippen LogP) is 3.77. The number of hydrogen-bond donors (Lipinski definition) is 0. The highest BCUT2D eigenvalue weighted by Gasteiger charge is 1.99. The fourth-order valence-corrected chi connectivity index (χ4v) is 1.82. The predicted molar refractivity (Wildman–Crippen MR) is 87.3 cm³/mol. The van der Waals surface area contributed by atoms with E-state index in [2.05, 4.69) is 4.74 Å². The Morgan fingerprint density at radius 3 is 1.91 bits per heavy atom. The Bertz CT molecular complexity index is 695. The average molecular weight is 292 g/mol. The zero-order valence-electron chi connectivity index (χ0n) is 12.2. The number of ether oxygens (including phenoxy) is 1. The van der Waals surface area contributed by atoms with E-state index >= 15 is 0 Å². The smallest absolute Gasteiger partial charge is 0.330 e. The van der Waals surface area contributed by atoms with Gasteiger partial charge in [-0.25, -0.2) is 4.79 Å². The van der Waals surface area contributed by atoms with Crippen molar-refractivity contribution in [2.45, 2.75) is 0 Å². The van der Waals surface area contributed by atoms with Gasteiger partial charge in [0.05, 0.1) is 7.11 Å². The van der Waals surface area contributed by atoms with E-state index in [0.29, 0.717) is 5.56 Å². The first-order valence-corrected chi connectivity index (χ1v) is 6.82. The molecule has 2 aromatic carbocycles. The molecule has 110 valence electrons. The van der Waals surface area contributed by atoms with E-state index in [4.69, 9.17) is 0 Å². The van der Waals surface area contributed by atoms with Crippen molar-refractivity contribution in [2.75, 3.05) is 7.11 Å². The third-order valence-electron chi connectivity index (χ3n) is 3.03. The largest absolute Gasteiger partial charge is 0.466 e. The Kier molecular flexibility index (Phi) is 5.44. The lowest BCUT2D eigenvalue weighted by Crippen LogP contribution is -1.93. The number of hydrogen-bond acceptors (Lipinski definition) is 3. The monoisotopic (exact) mass is 292 g/mol. The molecule has 2 aromatic rings. The maximum absolute atomic E-state index is 11.9. The van der Waals surface area contributed by atoms with Gasteiger partial charge >= 0.3 is 5.97 Å². The van der Waals surface area contributed by atoms with Crippen LogP contribution in [0.1, 0.15) is 21.5 Å². The molecule has 0 spiro atoms. The van der Waals surface area contributed by atoms with Crippen molar-refractivity contribution in [2.24, 2.45) is 0 Å². The summed E-state index contributed by atoms with van der Waals surface area (Å²) in [6.45, 7) is 0. The molecule has 0 saturated heterocycles. The van der Waals surface area contributed by atoms with Crippen LogP contribution in [0.3, 0.4) is 0 Å². The number of benzene rings is 2. The molecule has 0 aromatic heterocycles. The Morgan fingerprint density at radius 2 is 1.36 bits per heavy atom. The summed E-state index contributed by atoms with van der Waals surface area (Å²) in [5, 5.41) is 0. The van der Waals surface area contributed by atoms with Gasteiger partial charge < -0.3 is 4.74 Å². The van der Waals surface area contributed by atoms with Gasteiger partial charge in [-0.2, -0.15) is 0 Å². The number of esters is 1. The van der Waals surface area contributed by atoms with Gasteiger partial charge in [0.1, 0.15) is 0 Å². The van der Waals surface area contributed by atoms with E-state index in [0.717, 1.165) is 11.1 Å². The van der Waals surface area contributed by atoms with Crippen LogP contribution in [0.15, 0.2) is 66.7 Å². The molecular weight excluding hydrogens is 276 g/mol. The van der Waals surface area contributed by atoms with E-state index in [-0.39, 0.29) is 5.78 Å². The molecule has 0 aliphatic rings. The lowest BCUT2D eigenvalue weighted by Gasteiger charge is -1.97. The lowest BCUT2D eigenvalue weighted by molar-refractivity contribution is -0.134. The van der Waals surface area contributed by atoms with Gasteiger partial charge in [-0.15, -0.1) is 0 Å². The van der Waals surface area contributed by atoms with Crippen LogP contribution in [0, 0.1) is 0 Å². The molecule has 0 radical (unpaired) electrons. The summed E-state index contributed by atoms with van der Waals surface area (Å²) in [7, 11) is 1.34. The van der Waals surface area contributed by atoms with Crippen molar-refractivity contribution in [3.8, 4) is 0 Å². The number of allylic oxidation sites excluding steroid dienone is 1. The minimum atomic E-state index is -0.391. The van der Waals surface area contributed by atoms with Gasteiger partial charge in [0.15, 0.2) is 5.78 Å². The molecule has 0 N–H and O–H groups in total. The van der Waals surface area contributed by atoms with Crippen LogP contribution in [-0.4, -0.2) is 18.9 Å². The van der Waals surface area contributed by atoms with Crippen LogP contribution < -0.4 is 0 Å². The van der Waals surface area contributed by atoms with Crippen LogP contribution >= 0.6 is 0 Å². The lowest BCUT2D eigenvalue weighted by atomic mass is 10.1. The van der Waals surface area contributed by atoms with Gasteiger partial charge in [0.2, 0.25) is 0 Å². The first-order chi connectivity index (χ1) is 10.7. The van der Waals surface area contributed by atoms with Gasteiger partial charge in [-0.3, -0.25) is 4.79 Å². The number of rotatable bonds is 5. The molecule has 3 nitrogen and oxygen atoms in total. The summed E-state index contributed by atoms with van der Waals surface area (Å²) in [5.74, 6) is -0.423. The highest BCUT2D eigenvalue weighted by atomic mass is 16.5. The van der Waals surface area contributed by atoms with Crippen molar-refractivity contribution in [3.05, 3.63) is 83.4 Å². The Hall–Kier alpha value is -2.94. The van der Waals surface area contributed by atoms with E-state index in [1.807, 2.05) is 42.5 Å². The maximum Gasteiger partial charge on any atom is 0.330 e. The quantitative estimate of drug-likeness (QED) is 0.478. The van der Waals surface area contributed by atoms with Crippen molar-refractivity contribution in [1.82, 2.24) is 0 Å². The standard InChI is InChI=1S/C19H16O3/c1-22-19(21)14-12-16-9-7-15(8-10-16)11-13-18(20)17-5-3-2-4-6-17/h2-14H,1H3. The number of carbonyl (C=O) groups excluding carboxylic acids is 2. The van der Waals surface area contributed by atoms with Gasteiger partial charge in [-0.1, -0.05) is 60.7 Å². The number of methoxy groups -OCH3 is 1. The summed E-state index contributed by atoms with van der Waals surface area (Å²) in [4.78, 5) is 23.0. The zero-order chi connectivity index (χ0) is 15.8. The fourth-order valence-electron chi connectivity index (χ4n) is 1.82. The Morgan fingerprint density at radius 1 is 0.818 bits per heavy atom. The van der Waals surface area contributed by atoms with Crippen LogP contribution in [0.2, 0.25) is 0 Å². The third kappa shape index (κ3) is 4.56. The van der Waals surface area contributed by atoms with Gasteiger partial charge in [-0.05, 0) is 23.3 Å². The van der Waals surface area contributed by atoms with Crippen molar-refractivity contribution < 1.29 is 14.3 Å².